The average Bonchev–Trinajstić information content (AvgIpc) is 2.73. The van der Waals surface area contributed by atoms with Crippen LogP contribution in [0.4, 0.5) is 0 Å². The molecule has 0 saturated carbocycles. The minimum Gasteiger partial charge on any atom is -0.486 e. The van der Waals surface area contributed by atoms with Crippen molar-refractivity contribution in [2.24, 2.45) is 0 Å². The maximum atomic E-state index is 12.5. The van der Waals surface area contributed by atoms with Gasteiger partial charge in [0.25, 0.3) is 0 Å². The van der Waals surface area contributed by atoms with E-state index in [1.165, 1.54) is 10.8 Å². The predicted molar refractivity (Wildman–Crippen MR) is 114 cm³/mol. The van der Waals surface area contributed by atoms with Crippen LogP contribution in [-0.2, 0) is 11.3 Å². The summed E-state index contributed by atoms with van der Waals surface area (Å²) in [5, 5.41) is 5.49. The molecule has 5 heteroatoms. The Kier molecular flexibility index (Phi) is 5.67. The highest BCUT2D eigenvalue weighted by Gasteiger charge is 2.15. The van der Waals surface area contributed by atoms with E-state index in [2.05, 4.69) is 35.6 Å². The van der Waals surface area contributed by atoms with Crippen LogP contribution < -0.4 is 14.8 Å². The van der Waals surface area contributed by atoms with E-state index in [1.807, 2.05) is 49.2 Å². The summed E-state index contributed by atoms with van der Waals surface area (Å²) in [6, 6.07) is 20.4. The van der Waals surface area contributed by atoms with Crippen molar-refractivity contribution in [1.29, 1.82) is 0 Å². The normalized spacial score (nSPS) is 14.0. The summed E-state index contributed by atoms with van der Waals surface area (Å²) in [4.78, 5) is 14.5. The molecule has 3 aromatic carbocycles. The van der Waals surface area contributed by atoms with E-state index in [0.29, 0.717) is 26.3 Å². The molecule has 1 atom stereocenters. The molecule has 4 rings (SSSR count). The van der Waals surface area contributed by atoms with Gasteiger partial charge in [0, 0.05) is 6.54 Å². The quantitative estimate of drug-likeness (QED) is 0.693. The molecule has 1 heterocycles. The zero-order chi connectivity index (χ0) is 20.2. The Hall–Kier alpha value is -3.05. The summed E-state index contributed by atoms with van der Waals surface area (Å²) >= 11 is 0. The average molecular weight is 390 g/mol. The molecule has 0 bridgehead atoms. The first-order chi connectivity index (χ1) is 14.1. The zero-order valence-electron chi connectivity index (χ0n) is 16.9. The van der Waals surface area contributed by atoms with Gasteiger partial charge >= 0.3 is 0 Å². The van der Waals surface area contributed by atoms with Crippen LogP contribution in [0.3, 0.4) is 0 Å². The Morgan fingerprint density at radius 2 is 1.76 bits per heavy atom. The molecular formula is C24H26N2O3. The van der Waals surface area contributed by atoms with E-state index in [1.54, 1.807) is 0 Å². The zero-order valence-corrected chi connectivity index (χ0v) is 16.9. The molecular weight excluding hydrogens is 364 g/mol. The number of hydrogen-bond acceptors (Lipinski definition) is 4. The van der Waals surface area contributed by atoms with Gasteiger partial charge in [0.1, 0.15) is 13.2 Å². The molecule has 0 aromatic heterocycles. The summed E-state index contributed by atoms with van der Waals surface area (Å²) in [6.45, 7) is 4.16. The third-order valence-corrected chi connectivity index (χ3v) is 5.12. The van der Waals surface area contributed by atoms with Crippen molar-refractivity contribution < 1.29 is 14.3 Å². The molecule has 1 aliphatic rings. The second kappa shape index (κ2) is 8.53. The van der Waals surface area contributed by atoms with E-state index >= 15 is 0 Å². The van der Waals surface area contributed by atoms with Gasteiger partial charge < -0.3 is 14.8 Å². The monoisotopic (exact) mass is 390 g/mol. The highest BCUT2D eigenvalue weighted by atomic mass is 16.6. The minimum absolute atomic E-state index is 0.00528. The molecule has 0 aliphatic carbocycles. The van der Waals surface area contributed by atoms with Crippen molar-refractivity contribution in [3.05, 3.63) is 71.8 Å². The number of carbonyl (C=O) groups is 1. The van der Waals surface area contributed by atoms with Gasteiger partial charge in [-0.25, -0.2) is 0 Å². The molecule has 1 N–H and O–H groups in total. The van der Waals surface area contributed by atoms with Gasteiger partial charge in [0.15, 0.2) is 11.5 Å². The number of ether oxygens (including phenoxy) is 2. The minimum atomic E-state index is -0.0465. The molecule has 5 nitrogen and oxygen atoms in total. The molecule has 150 valence electrons. The molecule has 0 saturated heterocycles. The van der Waals surface area contributed by atoms with Crippen molar-refractivity contribution in [2.45, 2.75) is 19.5 Å². The largest absolute Gasteiger partial charge is 0.486 e. The Bertz CT molecular complexity index is 1020. The van der Waals surface area contributed by atoms with Crippen LogP contribution in [0.15, 0.2) is 60.7 Å². The lowest BCUT2D eigenvalue weighted by molar-refractivity contribution is -0.122. The number of carbonyl (C=O) groups excluding carboxylic acids is 1. The Morgan fingerprint density at radius 1 is 1.00 bits per heavy atom. The van der Waals surface area contributed by atoms with Crippen molar-refractivity contribution in [1.82, 2.24) is 10.2 Å². The third-order valence-electron chi connectivity index (χ3n) is 5.12. The summed E-state index contributed by atoms with van der Waals surface area (Å²) in [6.07, 6.45) is 0. The lowest BCUT2D eigenvalue weighted by atomic mass is 10.0. The fourth-order valence-electron chi connectivity index (χ4n) is 3.65. The second-order valence-electron chi connectivity index (χ2n) is 7.55. The Labute approximate surface area is 171 Å². The van der Waals surface area contributed by atoms with Crippen LogP contribution in [0.5, 0.6) is 11.5 Å². The van der Waals surface area contributed by atoms with Crippen molar-refractivity contribution in [3.8, 4) is 11.5 Å². The van der Waals surface area contributed by atoms with Crippen LogP contribution in [0.1, 0.15) is 24.1 Å². The van der Waals surface area contributed by atoms with Gasteiger partial charge in [-0.15, -0.1) is 0 Å². The molecule has 3 aromatic rings. The van der Waals surface area contributed by atoms with Gasteiger partial charge in [0.2, 0.25) is 5.91 Å². The number of nitrogens with zero attached hydrogens (tertiary/aromatic N) is 1. The predicted octanol–water partition coefficient (Wildman–Crippen LogP) is 3.92. The first-order valence-electron chi connectivity index (χ1n) is 9.93. The summed E-state index contributed by atoms with van der Waals surface area (Å²) in [7, 11) is 1.94. The number of nitrogens with one attached hydrogen (secondary N) is 1. The van der Waals surface area contributed by atoms with E-state index in [4.69, 9.17) is 9.47 Å². The van der Waals surface area contributed by atoms with Gasteiger partial charge in [-0.2, -0.15) is 0 Å². The summed E-state index contributed by atoms with van der Waals surface area (Å²) in [5.74, 6) is 1.56. The fraction of sp³-hybridized carbons (Fsp3) is 0.292. The van der Waals surface area contributed by atoms with E-state index in [0.717, 1.165) is 22.6 Å². The standard InChI is InChI=1S/C24H26N2O3/c1-17(20-9-8-19-5-3-4-6-21(19)14-20)25-24(27)16-26(2)15-18-7-10-22-23(13-18)29-12-11-28-22/h3-10,13-14,17H,11-12,15-16H2,1-2H3,(H,25,27). The highest BCUT2D eigenvalue weighted by molar-refractivity contribution is 5.83. The molecule has 1 aliphatic heterocycles. The first kappa shape index (κ1) is 19.3. The highest BCUT2D eigenvalue weighted by Crippen LogP contribution is 2.31. The molecule has 29 heavy (non-hydrogen) atoms. The smallest absolute Gasteiger partial charge is 0.234 e. The van der Waals surface area contributed by atoms with E-state index < -0.39 is 0 Å². The van der Waals surface area contributed by atoms with Crippen LogP contribution in [0.25, 0.3) is 10.8 Å². The lowest BCUT2D eigenvalue weighted by Crippen LogP contribution is -2.36. The number of amides is 1. The van der Waals surface area contributed by atoms with Crippen LogP contribution >= 0.6 is 0 Å². The van der Waals surface area contributed by atoms with E-state index in [-0.39, 0.29) is 11.9 Å². The Balaban J connectivity index is 1.33. The maximum absolute atomic E-state index is 12.5. The van der Waals surface area contributed by atoms with Crippen LogP contribution in [-0.4, -0.2) is 37.6 Å². The summed E-state index contributed by atoms with van der Waals surface area (Å²) in [5.41, 5.74) is 2.19. The number of rotatable bonds is 6. The molecule has 0 fully saturated rings. The third kappa shape index (κ3) is 4.69. The second-order valence-corrected chi connectivity index (χ2v) is 7.55. The molecule has 1 amide bonds. The van der Waals surface area contributed by atoms with Gasteiger partial charge in [-0.05, 0) is 54.1 Å². The number of hydrogen-bond donors (Lipinski definition) is 1. The van der Waals surface area contributed by atoms with Crippen LogP contribution in [0.2, 0.25) is 0 Å². The molecule has 1 unspecified atom stereocenters. The number of fused-ring (bicyclic) bond motifs is 2. The topological polar surface area (TPSA) is 50.8 Å². The van der Waals surface area contributed by atoms with E-state index in [9.17, 15) is 4.79 Å². The SMILES string of the molecule is CC(NC(=O)CN(C)Cc1ccc2c(c1)OCCO2)c1ccc2ccccc2c1. The van der Waals surface area contributed by atoms with Gasteiger partial charge in [-0.1, -0.05) is 42.5 Å². The molecule has 0 radical (unpaired) electrons. The van der Waals surface area contributed by atoms with Gasteiger partial charge in [0.05, 0.1) is 12.6 Å². The fourth-order valence-corrected chi connectivity index (χ4v) is 3.65. The number of likely N-dealkylation sites (N-methyl/N-ethyl adjacent to an activating group) is 1. The Morgan fingerprint density at radius 3 is 2.59 bits per heavy atom. The van der Waals surface area contributed by atoms with Crippen LogP contribution in [0, 0.1) is 0 Å². The van der Waals surface area contributed by atoms with Gasteiger partial charge in [-0.3, -0.25) is 9.69 Å². The van der Waals surface area contributed by atoms with Crippen molar-refractivity contribution in [3.63, 3.8) is 0 Å². The lowest BCUT2D eigenvalue weighted by Gasteiger charge is -2.21. The maximum Gasteiger partial charge on any atom is 0.234 e. The summed E-state index contributed by atoms with van der Waals surface area (Å²) < 4.78 is 11.2. The number of benzene rings is 3. The van der Waals surface area contributed by atoms with Crippen molar-refractivity contribution >= 4 is 16.7 Å². The first-order valence-corrected chi connectivity index (χ1v) is 9.93. The molecule has 0 spiro atoms. The van der Waals surface area contributed by atoms with Crippen molar-refractivity contribution in [2.75, 3.05) is 26.8 Å².